The highest BCUT2D eigenvalue weighted by Crippen LogP contribution is 2.44. The maximum Gasteiger partial charge on any atom is 0.145 e. The van der Waals surface area contributed by atoms with Crippen LogP contribution in [0.2, 0.25) is 5.02 Å². The van der Waals surface area contributed by atoms with Crippen LogP contribution in [0.15, 0.2) is 12.1 Å². The lowest BCUT2D eigenvalue weighted by Crippen LogP contribution is -2.05. The highest BCUT2D eigenvalue weighted by atomic mass is 79.9. The quantitative estimate of drug-likeness (QED) is 0.663. The maximum atomic E-state index is 6.27. The first-order valence-electron chi connectivity index (χ1n) is 6.11. The summed E-state index contributed by atoms with van der Waals surface area (Å²) >= 11 is 10.0. The molecule has 2 nitrogen and oxygen atoms in total. The minimum Gasteiger partial charge on any atom is -0.495 e. The molecule has 0 amide bonds. The zero-order valence-corrected chi connectivity index (χ0v) is 13.6. The highest BCUT2D eigenvalue weighted by Gasteiger charge is 2.22. The third-order valence-electron chi connectivity index (χ3n) is 3.06. The molecule has 1 aromatic rings. The van der Waals surface area contributed by atoms with Crippen molar-refractivity contribution in [2.45, 2.75) is 31.5 Å². The molecule has 0 aliphatic rings. The van der Waals surface area contributed by atoms with Crippen molar-refractivity contribution in [3.63, 3.8) is 0 Å². The fraction of sp³-hybridized carbons (Fsp3) is 0.571. The summed E-state index contributed by atoms with van der Waals surface area (Å²) in [6.45, 7) is 4.41. The number of alkyl halides is 1. The van der Waals surface area contributed by atoms with E-state index in [4.69, 9.17) is 21.1 Å². The number of ether oxygens (including phenoxy) is 2. The lowest BCUT2D eigenvalue weighted by atomic mass is 9.96. The molecule has 0 fully saturated rings. The molecule has 0 radical (unpaired) electrons. The first-order chi connectivity index (χ1) is 8.56. The molecule has 0 saturated carbocycles. The Balaban J connectivity index is 3.12. The molecule has 0 aliphatic carbocycles. The van der Waals surface area contributed by atoms with Crippen molar-refractivity contribution in [2.75, 3.05) is 14.2 Å². The van der Waals surface area contributed by atoms with Crippen molar-refractivity contribution in [1.82, 2.24) is 0 Å². The van der Waals surface area contributed by atoms with E-state index >= 15 is 0 Å². The monoisotopic (exact) mass is 334 g/mol. The maximum absolute atomic E-state index is 6.27. The van der Waals surface area contributed by atoms with Crippen LogP contribution in [-0.4, -0.2) is 14.2 Å². The van der Waals surface area contributed by atoms with E-state index in [9.17, 15) is 0 Å². The van der Waals surface area contributed by atoms with Crippen molar-refractivity contribution >= 4 is 27.5 Å². The summed E-state index contributed by atoms with van der Waals surface area (Å²) in [6.07, 6.45) is 2.32. The third-order valence-corrected chi connectivity index (χ3v) is 4.81. The first-order valence-corrected chi connectivity index (χ1v) is 7.40. The SMILES string of the molecule is CCCC(C)C(Br)c1ccc(OC)c(Cl)c1OC. The van der Waals surface area contributed by atoms with Gasteiger partial charge in [0.15, 0.2) is 0 Å². The zero-order chi connectivity index (χ0) is 13.7. The number of hydrogen-bond donors (Lipinski definition) is 0. The van der Waals surface area contributed by atoms with Crippen molar-refractivity contribution in [1.29, 1.82) is 0 Å². The molecule has 0 bridgehead atoms. The average molecular weight is 336 g/mol. The summed E-state index contributed by atoms with van der Waals surface area (Å²) in [6, 6.07) is 3.89. The Morgan fingerprint density at radius 2 is 1.94 bits per heavy atom. The molecule has 1 rings (SSSR count). The van der Waals surface area contributed by atoms with E-state index in [1.54, 1.807) is 14.2 Å². The van der Waals surface area contributed by atoms with Crippen molar-refractivity contribution in [3.8, 4) is 11.5 Å². The first kappa shape index (κ1) is 15.6. The Hall–Kier alpha value is -0.410. The molecule has 2 atom stereocenters. The molecule has 4 heteroatoms. The van der Waals surface area contributed by atoms with Crippen molar-refractivity contribution in [2.24, 2.45) is 5.92 Å². The Bertz CT molecular complexity index is 396. The Morgan fingerprint density at radius 3 is 2.44 bits per heavy atom. The molecule has 102 valence electrons. The molecular formula is C14H20BrClO2. The second kappa shape index (κ2) is 7.25. The number of benzene rings is 1. The van der Waals surface area contributed by atoms with E-state index in [1.807, 2.05) is 12.1 Å². The van der Waals surface area contributed by atoms with E-state index in [0.717, 1.165) is 18.4 Å². The van der Waals surface area contributed by atoms with Gasteiger partial charge in [0, 0.05) is 10.4 Å². The van der Waals surface area contributed by atoms with Gasteiger partial charge < -0.3 is 9.47 Å². The van der Waals surface area contributed by atoms with Crippen LogP contribution in [0.3, 0.4) is 0 Å². The molecule has 0 aromatic heterocycles. The van der Waals surface area contributed by atoms with Gasteiger partial charge in [-0.2, -0.15) is 0 Å². The molecule has 2 unspecified atom stereocenters. The van der Waals surface area contributed by atoms with Crippen molar-refractivity contribution < 1.29 is 9.47 Å². The van der Waals surface area contributed by atoms with Crippen LogP contribution in [0.1, 0.15) is 37.1 Å². The second-order valence-corrected chi connectivity index (χ2v) is 5.74. The minimum atomic E-state index is 0.232. The van der Waals surface area contributed by atoms with Gasteiger partial charge in [0.1, 0.15) is 16.5 Å². The third kappa shape index (κ3) is 3.33. The Morgan fingerprint density at radius 1 is 1.28 bits per heavy atom. The number of methoxy groups -OCH3 is 2. The van der Waals surface area contributed by atoms with Crippen LogP contribution in [-0.2, 0) is 0 Å². The summed E-state index contributed by atoms with van der Waals surface area (Å²) in [7, 11) is 3.24. The second-order valence-electron chi connectivity index (χ2n) is 4.37. The summed E-state index contributed by atoms with van der Waals surface area (Å²) in [4.78, 5) is 0.232. The highest BCUT2D eigenvalue weighted by molar-refractivity contribution is 9.09. The minimum absolute atomic E-state index is 0.232. The molecule has 0 saturated heterocycles. The topological polar surface area (TPSA) is 18.5 Å². The normalized spacial score (nSPS) is 14.1. The Kier molecular flexibility index (Phi) is 6.30. The number of rotatable bonds is 6. The van der Waals surface area contributed by atoms with Gasteiger partial charge in [-0.3, -0.25) is 0 Å². The Labute approximate surface area is 123 Å². The van der Waals surface area contributed by atoms with E-state index in [0.29, 0.717) is 22.4 Å². The van der Waals surface area contributed by atoms with E-state index < -0.39 is 0 Å². The standard InChI is InChI=1S/C14H20BrClO2/c1-5-6-9(2)12(15)10-7-8-11(17-3)13(16)14(10)18-4/h7-9,12H,5-6H2,1-4H3. The van der Waals surface area contributed by atoms with Gasteiger partial charge in [-0.1, -0.05) is 53.9 Å². The summed E-state index contributed by atoms with van der Waals surface area (Å²) < 4.78 is 10.6. The van der Waals surface area contributed by atoms with Gasteiger partial charge in [-0.25, -0.2) is 0 Å². The molecule has 0 spiro atoms. The molecular weight excluding hydrogens is 316 g/mol. The molecule has 18 heavy (non-hydrogen) atoms. The van der Waals surface area contributed by atoms with Gasteiger partial charge in [-0.05, 0) is 18.4 Å². The predicted molar refractivity (Wildman–Crippen MR) is 80.3 cm³/mol. The van der Waals surface area contributed by atoms with Crippen LogP contribution in [0.5, 0.6) is 11.5 Å². The smallest absolute Gasteiger partial charge is 0.145 e. The van der Waals surface area contributed by atoms with Crippen LogP contribution >= 0.6 is 27.5 Å². The lowest BCUT2D eigenvalue weighted by Gasteiger charge is -2.21. The van der Waals surface area contributed by atoms with Crippen LogP contribution in [0.4, 0.5) is 0 Å². The fourth-order valence-corrected chi connectivity index (χ4v) is 2.99. The van der Waals surface area contributed by atoms with Gasteiger partial charge in [0.25, 0.3) is 0 Å². The summed E-state index contributed by atoms with van der Waals surface area (Å²) in [5.74, 6) is 1.86. The summed E-state index contributed by atoms with van der Waals surface area (Å²) in [5, 5.41) is 0.533. The van der Waals surface area contributed by atoms with Crippen LogP contribution < -0.4 is 9.47 Å². The number of halogens is 2. The van der Waals surface area contributed by atoms with E-state index in [2.05, 4.69) is 29.8 Å². The van der Waals surface area contributed by atoms with Gasteiger partial charge in [0.05, 0.1) is 14.2 Å². The van der Waals surface area contributed by atoms with E-state index in [1.165, 1.54) is 0 Å². The summed E-state index contributed by atoms with van der Waals surface area (Å²) in [5.41, 5.74) is 1.07. The van der Waals surface area contributed by atoms with Crippen molar-refractivity contribution in [3.05, 3.63) is 22.7 Å². The van der Waals surface area contributed by atoms with Gasteiger partial charge in [0.2, 0.25) is 0 Å². The van der Waals surface area contributed by atoms with Crippen LogP contribution in [0.25, 0.3) is 0 Å². The molecule has 0 heterocycles. The van der Waals surface area contributed by atoms with E-state index in [-0.39, 0.29) is 4.83 Å². The van der Waals surface area contributed by atoms with Crippen LogP contribution in [0, 0.1) is 5.92 Å². The lowest BCUT2D eigenvalue weighted by molar-refractivity contribution is 0.387. The van der Waals surface area contributed by atoms with Gasteiger partial charge >= 0.3 is 0 Å². The molecule has 1 aromatic carbocycles. The zero-order valence-electron chi connectivity index (χ0n) is 11.3. The molecule has 0 N–H and O–H groups in total. The predicted octanol–water partition coefficient (Wildman–Crippen LogP) is 5.23. The average Bonchev–Trinajstić information content (AvgIpc) is 2.37. The largest absolute Gasteiger partial charge is 0.495 e. The molecule has 0 aliphatic heterocycles. The van der Waals surface area contributed by atoms with Gasteiger partial charge in [-0.15, -0.1) is 0 Å². The fourth-order valence-electron chi connectivity index (χ4n) is 2.04. The number of hydrogen-bond acceptors (Lipinski definition) is 2.